The molecule has 0 unspecified atom stereocenters. The van der Waals surface area contributed by atoms with Crippen LogP contribution in [-0.4, -0.2) is 26.6 Å². The van der Waals surface area contributed by atoms with Gasteiger partial charge in [0.1, 0.15) is 5.82 Å². The molecule has 2 heterocycles. The number of halogens is 3. The molecule has 8 nitrogen and oxygen atoms in total. The number of aryl methyl sites for hydroxylation is 1. The quantitative estimate of drug-likeness (QED) is 0.312. The smallest absolute Gasteiger partial charge is 0.326 e. The molecule has 0 aliphatic heterocycles. The zero-order valence-corrected chi connectivity index (χ0v) is 21.3. The van der Waals surface area contributed by atoms with Crippen molar-refractivity contribution in [3.05, 3.63) is 89.4 Å². The number of nitrogens with zero attached hydrogens (tertiary/aromatic N) is 4. The van der Waals surface area contributed by atoms with Gasteiger partial charge in [-0.15, -0.1) is 0 Å². The van der Waals surface area contributed by atoms with E-state index in [-0.39, 0.29) is 23.8 Å². The lowest BCUT2D eigenvalue weighted by atomic mass is 10.1. The molecular formula is C29H23F3N6O2. The van der Waals surface area contributed by atoms with E-state index in [1.54, 1.807) is 35.3 Å². The predicted molar refractivity (Wildman–Crippen MR) is 141 cm³/mol. The van der Waals surface area contributed by atoms with Crippen molar-refractivity contribution < 1.29 is 22.8 Å². The third kappa shape index (κ3) is 6.02. The van der Waals surface area contributed by atoms with Gasteiger partial charge < -0.3 is 10.6 Å². The van der Waals surface area contributed by atoms with Crippen LogP contribution in [0.5, 0.6) is 0 Å². The van der Waals surface area contributed by atoms with E-state index in [1.807, 2.05) is 6.92 Å². The minimum Gasteiger partial charge on any atom is -0.326 e. The van der Waals surface area contributed by atoms with Crippen LogP contribution in [0.4, 0.5) is 24.7 Å². The number of anilines is 2. The van der Waals surface area contributed by atoms with E-state index in [0.717, 1.165) is 30.5 Å². The highest BCUT2D eigenvalue weighted by atomic mass is 19.4. The van der Waals surface area contributed by atoms with Crippen LogP contribution in [0.15, 0.2) is 67.1 Å². The first-order chi connectivity index (χ1) is 19.1. The monoisotopic (exact) mass is 544 g/mol. The summed E-state index contributed by atoms with van der Waals surface area (Å²) in [6.45, 7) is 1.87. The van der Waals surface area contributed by atoms with Crippen LogP contribution in [0.25, 0.3) is 16.8 Å². The van der Waals surface area contributed by atoms with Gasteiger partial charge in [-0.3, -0.25) is 9.59 Å². The standard InChI is InChI=1S/C29H23F3N6O2/c1-17-5-8-23(36-27(39)10-18-3-2-4-22(9-18)29(30,31)32)12-25(17)38-16-21(14-35-38)24-15-34-26(11-20(24)13-33)37-28(40)19-6-7-19/h2-5,8-9,11-12,14-16,19H,6-7,10H2,1H3,(H,36,39)(H,34,37,40). The number of carbonyl (C=O) groups excluding carboxylic acids is 2. The Morgan fingerprint density at radius 1 is 1.10 bits per heavy atom. The molecule has 1 saturated carbocycles. The van der Waals surface area contributed by atoms with Crippen LogP contribution >= 0.6 is 0 Å². The van der Waals surface area contributed by atoms with Gasteiger partial charge in [0.25, 0.3) is 0 Å². The van der Waals surface area contributed by atoms with Gasteiger partial charge >= 0.3 is 6.18 Å². The summed E-state index contributed by atoms with van der Waals surface area (Å²) in [6, 6.07) is 13.5. The number of nitriles is 1. The Kier molecular flexibility index (Phi) is 7.09. The van der Waals surface area contributed by atoms with Gasteiger partial charge in [-0.1, -0.05) is 24.3 Å². The minimum absolute atomic E-state index is 0.00890. The van der Waals surface area contributed by atoms with Crippen LogP contribution in [0.3, 0.4) is 0 Å². The van der Waals surface area contributed by atoms with Gasteiger partial charge in [-0.25, -0.2) is 9.67 Å². The molecule has 0 bridgehead atoms. The summed E-state index contributed by atoms with van der Waals surface area (Å²) >= 11 is 0. The number of aromatic nitrogens is 3. The Hall–Kier alpha value is -4.98. The van der Waals surface area contributed by atoms with Crippen molar-refractivity contribution in [2.75, 3.05) is 10.6 Å². The van der Waals surface area contributed by atoms with E-state index in [9.17, 15) is 28.0 Å². The highest BCUT2D eigenvalue weighted by molar-refractivity contribution is 5.94. The molecule has 2 amide bonds. The van der Waals surface area contributed by atoms with Gasteiger partial charge in [0.2, 0.25) is 11.8 Å². The first-order valence-electron chi connectivity index (χ1n) is 12.4. The zero-order valence-electron chi connectivity index (χ0n) is 21.3. The highest BCUT2D eigenvalue weighted by Crippen LogP contribution is 2.32. The molecular weight excluding hydrogens is 521 g/mol. The second-order valence-corrected chi connectivity index (χ2v) is 9.59. The number of benzene rings is 2. The van der Waals surface area contributed by atoms with Crippen molar-refractivity contribution in [2.24, 2.45) is 5.92 Å². The van der Waals surface area contributed by atoms with Gasteiger partial charge in [0.05, 0.1) is 35.5 Å². The molecule has 0 saturated heterocycles. The molecule has 11 heteroatoms. The Balaban J connectivity index is 1.32. The van der Waals surface area contributed by atoms with E-state index >= 15 is 0 Å². The molecule has 2 N–H and O–H groups in total. The molecule has 5 rings (SSSR count). The number of pyridine rings is 1. The van der Waals surface area contributed by atoms with E-state index in [4.69, 9.17) is 0 Å². The van der Waals surface area contributed by atoms with E-state index in [1.165, 1.54) is 24.4 Å². The van der Waals surface area contributed by atoms with Crippen LogP contribution in [0.1, 0.15) is 35.1 Å². The summed E-state index contributed by atoms with van der Waals surface area (Å²) < 4.78 is 40.6. The van der Waals surface area contributed by atoms with Gasteiger partial charge in [-0.05, 0) is 55.2 Å². The third-order valence-corrected chi connectivity index (χ3v) is 6.48. The van der Waals surface area contributed by atoms with Crippen molar-refractivity contribution in [3.63, 3.8) is 0 Å². The summed E-state index contributed by atoms with van der Waals surface area (Å²) in [4.78, 5) is 28.9. The molecule has 1 aliphatic rings. The lowest BCUT2D eigenvalue weighted by molar-refractivity contribution is -0.137. The molecule has 40 heavy (non-hydrogen) atoms. The number of carbonyl (C=O) groups is 2. The average molecular weight is 545 g/mol. The van der Waals surface area contributed by atoms with Gasteiger partial charge in [0.15, 0.2) is 0 Å². The van der Waals surface area contributed by atoms with Crippen LogP contribution in [0.2, 0.25) is 0 Å². The Morgan fingerprint density at radius 3 is 2.62 bits per heavy atom. The molecule has 2 aromatic carbocycles. The number of alkyl halides is 3. The number of hydrogen-bond donors (Lipinski definition) is 2. The topological polar surface area (TPSA) is 113 Å². The molecule has 1 aliphatic carbocycles. The second kappa shape index (κ2) is 10.6. The number of rotatable bonds is 7. The number of hydrogen-bond acceptors (Lipinski definition) is 5. The van der Waals surface area contributed by atoms with Crippen LogP contribution < -0.4 is 10.6 Å². The Labute approximate surface area is 227 Å². The van der Waals surface area contributed by atoms with Crippen molar-refractivity contribution in [1.82, 2.24) is 14.8 Å². The number of amides is 2. The van der Waals surface area contributed by atoms with Crippen molar-refractivity contribution >= 4 is 23.3 Å². The first kappa shape index (κ1) is 26.6. The van der Waals surface area contributed by atoms with E-state index in [2.05, 4.69) is 26.8 Å². The maximum absolute atomic E-state index is 13.0. The highest BCUT2D eigenvalue weighted by Gasteiger charge is 2.31. The fraction of sp³-hybridized carbons (Fsp3) is 0.207. The van der Waals surface area contributed by atoms with Crippen molar-refractivity contribution in [2.45, 2.75) is 32.4 Å². The van der Waals surface area contributed by atoms with Gasteiger partial charge in [-0.2, -0.15) is 23.5 Å². The SMILES string of the molecule is Cc1ccc(NC(=O)Cc2cccc(C(F)(F)F)c2)cc1-n1cc(-c2cnc(NC(=O)C3CC3)cc2C#N)cn1. The summed E-state index contributed by atoms with van der Waals surface area (Å²) in [6.07, 6.45) is 1.82. The largest absolute Gasteiger partial charge is 0.416 e. The van der Waals surface area contributed by atoms with E-state index < -0.39 is 17.6 Å². The fourth-order valence-electron chi connectivity index (χ4n) is 4.20. The van der Waals surface area contributed by atoms with Crippen LogP contribution in [-0.2, 0) is 22.2 Å². The molecule has 1 fully saturated rings. The normalized spacial score (nSPS) is 13.0. The number of nitrogens with one attached hydrogen (secondary N) is 2. The Morgan fingerprint density at radius 2 is 1.90 bits per heavy atom. The lowest BCUT2D eigenvalue weighted by Crippen LogP contribution is -2.15. The third-order valence-electron chi connectivity index (χ3n) is 6.48. The minimum atomic E-state index is -4.49. The molecule has 2 aromatic heterocycles. The summed E-state index contributed by atoms with van der Waals surface area (Å²) in [5.41, 5.74) is 2.89. The lowest BCUT2D eigenvalue weighted by Gasteiger charge is -2.11. The second-order valence-electron chi connectivity index (χ2n) is 9.59. The summed E-state index contributed by atoms with van der Waals surface area (Å²) in [5.74, 6) is -0.244. The zero-order chi connectivity index (χ0) is 28.4. The fourth-order valence-corrected chi connectivity index (χ4v) is 4.20. The first-order valence-corrected chi connectivity index (χ1v) is 12.4. The molecule has 0 spiro atoms. The Bertz CT molecular complexity index is 1650. The van der Waals surface area contributed by atoms with Gasteiger partial charge in [0, 0.05) is 35.1 Å². The maximum atomic E-state index is 13.0. The average Bonchev–Trinajstić information content (AvgIpc) is 3.67. The maximum Gasteiger partial charge on any atom is 0.416 e. The molecule has 4 aromatic rings. The molecule has 0 atom stereocenters. The van der Waals surface area contributed by atoms with Crippen molar-refractivity contribution in [1.29, 1.82) is 5.26 Å². The summed E-state index contributed by atoms with van der Waals surface area (Å²) in [5, 5.41) is 19.6. The van der Waals surface area contributed by atoms with E-state index in [0.29, 0.717) is 33.9 Å². The van der Waals surface area contributed by atoms with Crippen LogP contribution in [0, 0.1) is 24.2 Å². The summed E-state index contributed by atoms with van der Waals surface area (Å²) in [7, 11) is 0. The molecule has 0 radical (unpaired) electrons. The predicted octanol–water partition coefficient (Wildman–Crippen LogP) is 5.66. The molecule has 202 valence electrons. The van der Waals surface area contributed by atoms with Crippen molar-refractivity contribution in [3.8, 4) is 22.9 Å².